The van der Waals surface area contributed by atoms with Crippen LogP contribution in [0.25, 0.3) is 0 Å². The summed E-state index contributed by atoms with van der Waals surface area (Å²) >= 11 is 5.83. The number of aromatic nitrogens is 1. The topological polar surface area (TPSA) is 88.5 Å². The Bertz CT molecular complexity index is 679. The van der Waals surface area contributed by atoms with Gasteiger partial charge in [0.1, 0.15) is 12.6 Å². The van der Waals surface area contributed by atoms with Crippen molar-refractivity contribution in [1.82, 2.24) is 10.3 Å². The molecule has 0 radical (unpaired) electrons. The molecular formula is C16H15ClN2O4. The summed E-state index contributed by atoms with van der Waals surface area (Å²) in [6.45, 7) is 0.0639. The lowest BCUT2D eigenvalue weighted by molar-refractivity contribution is -0.139. The summed E-state index contributed by atoms with van der Waals surface area (Å²) in [4.78, 5) is 27.0. The highest BCUT2D eigenvalue weighted by molar-refractivity contribution is 6.30. The molecule has 0 saturated carbocycles. The van der Waals surface area contributed by atoms with Crippen LogP contribution in [0, 0.1) is 0 Å². The number of amides is 1. The van der Waals surface area contributed by atoms with E-state index in [-0.39, 0.29) is 13.0 Å². The van der Waals surface area contributed by atoms with Gasteiger partial charge in [-0.3, -0.25) is 4.98 Å². The van der Waals surface area contributed by atoms with Crippen LogP contribution < -0.4 is 5.32 Å². The molecule has 2 aromatic rings. The SMILES string of the molecule is O=C(N[C@@H](Cc1cc(Cl)ccn1)C(=O)O)OCc1ccccc1. The van der Waals surface area contributed by atoms with Gasteiger partial charge in [-0.1, -0.05) is 41.9 Å². The number of hydrogen-bond donors (Lipinski definition) is 2. The van der Waals surface area contributed by atoms with Crippen LogP contribution in [-0.2, 0) is 22.6 Å². The van der Waals surface area contributed by atoms with Crippen molar-refractivity contribution in [2.24, 2.45) is 0 Å². The fourth-order valence-corrected chi connectivity index (χ4v) is 2.06. The average Bonchev–Trinajstić information content (AvgIpc) is 2.53. The summed E-state index contributed by atoms with van der Waals surface area (Å²) in [6.07, 6.45) is 0.684. The first kappa shape index (κ1) is 16.8. The Balaban J connectivity index is 1.91. The Morgan fingerprint density at radius 3 is 2.65 bits per heavy atom. The van der Waals surface area contributed by atoms with Crippen LogP contribution in [0.3, 0.4) is 0 Å². The maximum Gasteiger partial charge on any atom is 0.408 e. The van der Waals surface area contributed by atoms with E-state index in [9.17, 15) is 14.7 Å². The van der Waals surface area contributed by atoms with Crippen LogP contribution in [0.2, 0.25) is 5.02 Å². The van der Waals surface area contributed by atoms with Crippen LogP contribution in [0.1, 0.15) is 11.3 Å². The van der Waals surface area contributed by atoms with E-state index in [0.717, 1.165) is 5.56 Å². The van der Waals surface area contributed by atoms with Gasteiger partial charge in [0.25, 0.3) is 0 Å². The molecule has 0 bridgehead atoms. The minimum absolute atomic E-state index is 0.0102. The quantitative estimate of drug-likeness (QED) is 0.847. The maximum atomic E-state index is 11.7. The molecule has 2 rings (SSSR count). The number of ether oxygens (including phenoxy) is 1. The lowest BCUT2D eigenvalue weighted by Gasteiger charge is -2.14. The summed E-state index contributed by atoms with van der Waals surface area (Å²) in [5.41, 5.74) is 1.28. The minimum atomic E-state index is -1.18. The van der Waals surface area contributed by atoms with Crippen molar-refractivity contribution in [1.29, 1.82) is 0 Å². The molecule has 23 heavy (non-hydrogen) atoms. The normalized spacial score (nSPS) is 11.5. The van der Waals surface area contributed by atoms with Gasteiger partial charge in [0.05, 0.1) is 0 Å². The number of alkyl carbamates (subject to hydrolysis) is 1. The van der Waals surface area contributed by atoms with Crippen molar-refractivity contribution in [2.75, 3.05) is 0 Å². The van der Waals surface area contributed by atoms with Gasteiger partial charge in [0, 0.05) is 23.3 Å². The van der Waals surface area contributed by atoms with Crippen LogP contribution in [0.5, 0.6) is 0 Å². The fourth-order valence-electron chi connectivity index (χ4n) is 1.88. The summed E-state index contributed by atoms with van der Waals surface area (Å²) in [5.74, 6) is -1.18. The molecule has 1 amide bonds. The predicted molar refractivity (Wildman–Crippen MR) is 84.1 cm³/mol. The van der Waals surface area contributed by atoms with Crippen LogP contribution in [0.4, 0.5) is 4.79 Å². The molecule has 1 heterocycles. The van der Waals surface area contributed by atoms with Gasteiger partial charge in [-0.2, -0.15) is 0 Å². The van der Waals surface area contributed by atoms with Crippen molar-refractivity contribution in [3.8, 4) is 0 Å². The lowest BCUT2D eigenvalue weighted by Crippen LogP contribution is -2.42. The van der Waals surface area contributed by atoms with Crippen LogP contribution in [-0.4, -0.2) is 28.2 Å². The fraction of sp³-hybridized carbons (Fsp3) is 0.188. The number of nitrogens with one attached hydrogen (secondary N) is 1. The van der Waals surface area contributed by atoms with Crippen LogP contribution in [0.15, 0.2) is 48.7 Å². The zero-order chi connectivity index (χ0) is 16.7. The smallest absolute Gasteiger partial charge is 0.408 e. The molecule has 0 unspecified atom stereocenters. The number of pyridine rings is 1. The number of carbonyl (C=O) groups is 2. The van der Waals surface area contributed by atoms with Crippen molar-refractivity contribution < 1.29 is 19.4 Å². The van der Waals surface area contributed by atoms with Gasteiger partial charge in [-0.05, 0) is 17.7 Å². The molecule has 6 nitrogen and oxygen atoms in total. The zero-order valence-corrected chi connectivity index (χ0v) is 12.9. The Kier molecular flexibility index (Phi) is 5.94. The highest BCUT2D eigenvalue weighted by Crippen LogP contribution is 2.10. The summed E-state index contributed by atoms with van der Waals surface area (Å²) in [7, 11) is 0. The summed E-state index contributed by atoms with van der Waals surface area (Å²) in [5, 5.41) is 12.0. The standard InChI is InChI=1S/C16H15ClN2O4/c17-12-6-7-18-13(8-12)9-14(15(20)21)19-16(22)23-10-11-4-2-1-3-5-11/h1-8,14H,9-10H2,(H,19,22)(H,20,21)/t14-/m0/s1. The zero-order valence-electron chi connectivity index (χ0n) is 12.1. The molecule has 1 aromatic carbocycles. The maximum absolute atomic E-state index is 11.7. The minimum Gasteiger partial charge on any atom is -0.480 e. The second kappa shape index (κ2) is 8.14. The molecule has 0 spiro atoms. The van der Waals surface area contributed by atoms with E-state index in [1.165, 1.54) is 6.20 Å². The molecule has 0 saturated heterocycles. The van der Waals surface area contributed by atoms with E-state index >= 15 is 0 Å². The molecule has 0 fully saturated rings. The Labute approximate surface area is 138 Å². The van der Waals surface area contributed by atoms with E-state index in [2.05, 4.69) is 10.3 Å². The third-order valence-corrected chi connectivity index (χ3v) is 3.23. The highest BCUT2D eigenvalue weighted by Gasteiger charge is 2.21. The number of aliphatic carboxylic acids is 1. The number of hydrogen-bond acceptors (Lipinski definition) is 4. The number of halogens is 1. The van der Waals surface area contributed by atoms with E-state index in [4.69, 9.17) is 16.3 Å². The van der Waals surface area contributed by atoms with Gasteiger partial charge in [0.15, 0.2) is 0 Å². The summed E-state index contributed by atoms with van der Waals surface area (Å²) < 4.78 is 5.01. The Hall–Kier alpha value is -2.60. The molecule has 0 aliphatic rings. The van der Waals surface area contributed by atoms with E-state index in [1.54, 1.807) is 24.3 Å². The Morgan fingerprint density at radius 1 is 1.26 bits per heavy atom. The van der Waals surface area contributed by atoms with Gasteiger partial charge in [0.2, 0.25) is 0 Å². The van der Waals surface area contributed by atoms with Gasteiger partial charge < -0.3 is 15.2 Å². The average molecular weight is 335 g/mol. The molecular weight excluding hydrogens is 320 g/mol. The molecule has 2 N–H and O–H groups in total. The van der Waals surface area contributed by atoms with E-state index < -0.39 is 18.1 Å². The van der Waals surface area contributed by atoms with Crippen molar-refractivity contribution in [3.05, 3.63) is 64.9 Å². The molecule has 0 aliphatic heterocycles. The second-order valence-corrected chi connectivity index (χ2v) is 5.20. The van der Waals surface area contributed by atoms with Crippen molar-refractivity contribution >= 4 is 23.7 Å². The van der Waals surface area contributed by atoms with Crippen molar-refractivity contribution in [2.45, 2.75) is 19.1 Å². The number of benzene rings is 1. The highest BCUT2D eigenvalue weighted by atomic mass is 35.5. The first-order chi connectivity index (χ1) is 11.0. The van der Waals surface area contributed by atoms with E-state index in [1.807, 2.05) is 18.2 Å². The first-order valence-corrected chi connectivity index (χ1v) is 7.23. The number of carboxylic acids is 1. The van der Waals surface area contributed by atoms with Crippen LogP contribution >= 0.6 is 11.6 Å². The van der Waals surface area contributed by atoms with E-state index in [0.29, 0.717) is 10.7 Å². The van der Waals surface area contributed by atoms with Gasteiger partial charge >= 0.3 is 12.1 Å². The molecule has 0 aliphatic carbocycles. The molecule has 7 heteroatoms. The largest absolute Gasteiger partial charge is 0.480 e. The second-order valence-electron chi connectivity index (χ2n) is 4.77. The first-order valence-electron chi connectivity index (χ1n) is 6.85. The summed E-state index contributed by atoms with van der Waals surface area (Å²) in [6, 6.07) is 11.1. The molecule has 1 aromatic heterocycles. The third-order valence-electron chi connectivity index (χ3n) is 2.99. The number of rotatable bonds is 6. The monoisotopic (exact) mass is 334 g/mol. The number of nitrogens with zero attached hydrogens (tertiary/aromatic N) is 1. The third kappa shape index (κ3) is 5.60. The molecule has 1 atom stereocenters. The number of carbonyl (C=O) groups excluding carboxylic acids is 1. The molecule has 120 valence electrons. The lowest BCUT2D eigenvalue weighted by atomic mass is 10.1. The Morgan fingerprint density at radius 2 is 2.00 bits per heavy atom. The van der Waals surface area contributed by atoms with Gasteiger partial charge in [-0.25, -0.2) is 9.59 Å². The van der Waals surface area contributed by atoms with Crippen molar-refractivity contribution in [3.63, 3.8) is 0 Å². The number of carboxylic acid groups (broad SMARTS) is 1. The van der Waals surface area contributed by atoms with Gasteiger partial charge in [-0.15, -0.1) is 0 Å². The predicted octanol–water partition coefficient (Wildman–Crippen LogP) is 2.66.